The number of aliphatic hydroxyl groups excluding tert-OH is 1. The lowest BCUT2D eigenvalue weighted by Gasteiger charge is -2.39. The molecule has 7 nitrogen and oxygen atoms in total. The van der Waals surface area contributed by atoms with Crippen LogP contribution >= 0.6 is 0 Å². The van der Waals surface area contributed by atoms with Crippen LogP contribution < -0.4 is 10.2 Å². The molecule has 3 amide bonds. The summed E-state index contributed by atoms with van der Waals surface area (Å²) in [6.45, 7) is 3.44. The minimum Gasteiger partial charge on any atom is -0.396 e. The molecule has 2 N–H and O–H groups in total. The van der Waals surface area contributed by atoms with Crippen LogP contribution in [0, 0.1) is 0 Å². The minimum absolute atomic E-state index is 0.0208. The summed E-state index contributed by atoms with van der Waals surface area (Å²) in [4.78, 5) is 30.3. The number of carbonyl (C=O) groups excluding carboxylic acids is 2. The maximum Gasteiger partial charge on any atom is 0.321 e. The first-order valence-corrected chi connectivity index (χ1v) is 8.36. The highest BCUT2D eigenvalue weighted by atomic mass is 16.3. The van der Waals surface area contributed by atoms with Crippen molar-refractivity contribution < 1.29 is 14.7 Å². The molecule has 3 rings (SSSR count). The number of urea groups is 1. The predicted molar refractivity (Wildman–Crippen MR) is 91.2 cm³/mol. The number of anilines is 1. The van der Waals surface area contributed by atoms with Crippen LogP contribution in [0.1, 0.15) is 16.8 Å². The van der Waals surface area contributed by atoms with Crippen LogP contribution in [0.15, 0.2) is 24.3 Å². The van der Waals surface area contributed by atoms with Crippen LogP contribution in [0.3, 0.4) is 0 Å². The number of carbonyl (C=O) groups is 2. The Balaban J connectivity index is 1.74. The summed E-state index contributed by atoms with van der Waals surface area (Å²) in [5.41, 5.74) is 1.34. The first kappa shape index (κ1) is 16.7. The van der Waals surface area contributed by atoms with E-state index in [4.69, 9.17) is 0 Å². The molecule has 0 bridgehead atoms. The minimum atomic E-state index is -0.123. The molecule has 24 heavy (non-hydrogen) atoms. The fourth-order valence-electron chi connectivity index (χ4n) is 3.30. The summed E-state index contributed by atoms with van der Waals surface area (Å²) in [7, 11) is 2.02. The standard InChI is InChI=1S/C17H24N4O3/c1-19-8-9-20(12-15(19)5-10-22)16(23)13-3-2-4-14(11-13)21-7-6-18-17(21)24/h2-4,11,15,22H,5-10,12H2,1H3,(H,18,24)/t15-/m0/s1. The van der Waals surface area contributed by atoms with Gasteiger partial charge in [0.2, 0.25) is 0 Å². The molecule has 0 saturated carbocycles. The van der Waals surface area contributed by atoms with E-state index in [2.05, 4.69) is 10.2 Å². The van der Waals surface area contributed by atoms with Crippen molar-refractivity contribution in [3.63, 3.8) is 0 Å². The van der Waals surface area contributed by atoms with Crippen LogP contribution in [0.2, 0.25) is 0 Å². The first-order valence-electron chi connectivity index (χ1n) is 8.36. The molecule has 2 aliphatic heterocycles. The number of rotatable bonds is 4. The van der Waals surface area contributed by atoms with Crippen LogP contribution in [0.4, 0.5) is 10.5 Å². The Labute approximate surface area is 141 Å². The van der Waals surface area contributed by atoms with Gasteiger partial charge in [-0.05, 0) is 31.7 Å². The SMILES string of the molecule is CN1CCN(C(=O)c2cccc(N3CCNC3=O)c2)C[C@@H]1CCO. The molecule has 0 unspecified atom stereocenters. The Morgan fingerprint density at radius 2 is 2.17 bits per heavy atom. The van der Waals surface area contributed by atoms with Gasteiger partial charge in [0.1, 0.15) is 0 Å². The number of amides is 3. The zero-order valence-corrected chi connectivity index (χ0v) is 13.9. The number of benzene rings is 1. The zero-order chi connectivity index (χ0) is 17.1. The molecule has 1 aromatic carbocycles. The van der Waals surface area contributed by atoms with Crippen molar-refractivity contribution in [3.8, 4) is 0 Å². The van der Waals surface area contributed by atoms with E-state index in [1.165, 1.54) is 0 Å². The molecule has 7 heteroatoms. The Bertz CT molecular complexity index is 622. The maximum absolute atomic E-state index is 12.8. The Morgan fingerprint density at radius 3 is 2.88 bits per heavy atom. The van der Waals surface area contributed by atoms with Gasteiger partial charge in [-0.25, -0.2) is 4.79 Å². The molecule has 0 radical (unpaired) electrons. The third-order valence-corrected chi connectivity index (χ3v) is 4.79. The van der Waals surface area contributed by atoms with Gasteiger partial charge in [0, 0.05) is 56.6 Å². The summed E-state index contributed by atoms with van der Waals surface area (Å²) >= 11 is 0. The molecular formula is C17H24N4O3. The van der Waals surface area contributed by atoms with Crippen LogP contribution in [-0.4, -0.2) is 79.3 Å². The number of hydrogen-bond acceptors (Lipinski definition) is 4. The molecule has 1 aromatic rings. The average Bonchev–Trinajstić information content (AvgIpc) is 3.02. The van der Waals surface area contributed by atoms with E-state index in [-0.39, 0.29) is 24.6 Å². The maximum atomic E-state index is 12.8. The second-order valence-corrected chi connectivity index (χ2v) is 6.33. The number of aliphatic hydroxyl groups is 1. The fraction of sp³-hybridized carbons (Fsp3) is 0.529. The molecule has 0 spiro atoms. The van der Waals surface area contributed by atoms with Crippen LogP contribution in [0.25, 0.3) is 0 Å². The van der Waals surface area contributed by atoms with E-state index in [0.29, 0.717) is 38.2 Å². The summed E-state index contributed by atoms with van der Waals surface area (Å²) in [6.07, 6.45) is 0.661. The summed E-state index contributed by atoms with van der Waals surface area (Å²) in [6, 6.07) is 7.30. The van der Waals surface area contributed by atoms with Gasteiger partial charge in [0.05, 0.1) is 0 Å². The molecule has 130 valence electrons. The molecule has 0 aromatic heterocycles. The average molecular weight is 332 g/mol. The normalized spacial score (nSPS) is 21.9. The van der Waals surface area contributed by atoms with Crippen LogP contribution in [-0.2, 0) is 0 Å². The van der Waals surface area contributed by atoms with Crippen molar-refractivity contribution in [1.29, 1.82) is 0 Å². The lowest BCUT2D eigenvalue weighted by molar-refractivity contribution is 0.0500. The van der Waals surface area contributed by atoms with Gasteiger partial charge >= 0.3 is 6.03 Å². The summed E-state index contributed by atoms with van der Waals surface area (Å²) in [5, 5.41) is 12.0. The van der Waals surface area contributed by atoms with Crippen molar-refractivity contribution in [3.05, 3.63) is 29.8 Å². The second-order valence-electron chi connectivity index (χ2n) is 6.33. The van der Waals surface area contributed by atoms with E-state index >= 15 is 0 Å². The molecule has 2 aliphatic rings. The van der Waals surface area contributed by atoms with Gasteiger partial charge < -0.3 is 15.3 Å². The Morgan fingerprint density at radius 1 is 1.33 bits per heavy atom. The van der Waals surface area contributed by atoms with E-state index in [1.807, 2.05) is 24.1 Å². The lowest BCUT2D eigenvalue weighted by atomic mass is 10.1. The van der Waals surface area contributed by atoms with Crippen LogP contribution in [0.5, 0.6) is 0 Å². The van der Waals surface area contributed by atoms with Gasteiger partial charge in [0.15, 0.2) is 0 Å². The highest BCUT2D eigenvalue weighted by Crippen LogP contribution is 2.20. The van der Waals surface area contributed by atoms with E-state index in [1.54, 1.807) is 17.0 Å². The largest absolute Gasteiger partial charge is 0.396 e. The molecule has 2 heterocycles. The summed E-state index contributed by atoms with van der Waals surface area (Å²) in [5.74, 6) is -0.0208. The molecule has 2 fully saturated rings. The van der Waals surface area contributed by atoms with Crippen molar-refractivity contribution in [2.45, 2.75) is 12.5 Å². The highest BCUT2D eigenvalue weighted by Gasteiger charge is 2.28. The van der Waals surface area contributed by atoms with Crippen molar-refractivity contribution >= 4 is 17.6 Å². The first-order chi connectivity index (χ1) is 11.6. The van der Waals surface area contributed by atoms with Gasteiger partial charge in [-0.15, -0.1) is 0 Å². The monoisotopic (exact) mass is 332 g/mol. The smallest absolute Gasteiger partial charge is 0.321 e. The highest BCUT2D eigenvalue weighted by molar-refractivity contribution is 5.98. The summed E-state index contributed by atoms with van der Waals surface area (Å²) < 4.78 is 0. The second kappa shape index (κ2) is 7.19. The quantitative estimate of drug-likeness (QED) is 0.834. The lowest BCUT2D eigenvalue weighted by Crippen LogP contribution is -2.53. The molecule has 1 atom stereocenters. The van der Waals surface area contributed by atoms with Gasteiger partial charge in [-0.1, -0.05) is 6.07 Å². The van der Waals surface area contributed by atoms with E-state index < -0.39 is 0 Å². The topological polar surface area (TPSA) is 76.1 Å². The van der Waals surface area contributed by atoms with Crippen molar-refractivity contribution in [1.82, 2.24) is 15.1 Å². The third-order valence-electron chi connectivity index (χ3n) is 4.79. The number of likely N-dealkylation sites (N-methyl/N-ethyl adjacent to an activating group) is 1. The predicted octanol–water partition coefficient (Wildman–Crippen LogP) is 0.355. The van der Waals surface area contributed by atoms with E-state index in [0.717, 1.165) is 12.2 Å². The van der Waals surface area contributed by atoms with Gasteiger partial charge in [-0.3, -0.25) is 14.6 Å². The van der Waals surface area contributed by atoms with Crippen molar-refractivity contribution in [2.75, 3.05) is 51.3 Å². The molecule has 0 aliphatic carbocycles. The molecule has 2 saturated heterocycles. The zero-order valence-electron chi connectivity index (χ0n) is 13.9. The number of hydrogen-bond donors (Lipinski definition) is 2. The Hall–Kier alpha value is -2.12. The van der Waals surface area contributed by atoms with E-state index in [9.17, 15) is 14.7 Å². The Kier molecular flexibility index (Phi) is 5.01. The van der Waals surface area contributed by atoms with Gasteiger partial charge in [0.25, 0.3) is 5.91 Å². The number of piperazine rings is 1. The van der Waals surface area contributed by atoms with Gasteiger partial charge in [-0.2, -0.15) is 0 Å². The molecular weight excluding hydrogens is 308 g/mol. The number of nitrogens with zero attached hydrogens (tertiary/aromatic N) is 3. The number of nitrogens with one attached hydrogen (secondary N) is 1. The fourth-order valence-corrected chi connectivity index (χ4v) is 3.30. The van der Waals surface area contributed by atoms with Crippen molar-refractivity contribution in [2.24, 2.45) is 0 Å². The third kappa shape index (κ3) is 3.37.